The maximum atomic E-state index is 10.6. The normalized spacial score (nSPS) is 39.6. The van der Waals surface area contributed by atoms with Crippen LogP contribution in [0.25, 0.3) is 0 Å². The molecule has 1 heterocycles. The Bertz CT molecular complexity index is 419. The predicted octanol–water partition coefficient (Wildman–Crippen LogP) is 5.32. The van der Waals surface area contributed by atoms with E-state index in [9.17, 15) is 5.11 Å². The average molecular weight is 352 g/mol. The second kappa shape index (κ2) is 7.90. The van der Waals surface area contributed by atoms with Gasteiger partial charge in [0.15, 0.2) is 0 Å². The first-order chi connectivity index (χ1) is 11.4. The van der Waals surface area contributed by atoms with Gasteiger partial charge in [0.25, 0.3) is 0 Å². The molecule has 3 nitrogen and oxygen atoms in total. The molecule has 1 saturated heterocycles. The summed E-state index contributed by atoms with van der Waals surface area (Å²) in [6, 6.07) is 0. The third kappa shape index (κ3) is 4.81. The molecule has 0 radical (unpaired) electrons. The van der Waals surface area contributed by atoms with E-state index in [1.165, 1.54) is 12.8 Å². The lowest BCUT2D eigenvalue weighted by Crippen LogP contribution is -2.41. The van der Waals surface area contributed by atoms with E-state index >= 15 is 0 Å². The maximum absolute atomic E-state index is 10.6. The van der Waals surface area contributed by atoms with Crippen molar-refractivity contribution < 1.29 is 14.4 Å². The molecule has 146 valence electrons. The predicted molar refractivity (Wildman–Crippen MR) is 106 cm³/mol. The molecule has 0 aromatic carbocycles. The van der Waals surface area contributed by atoms with Crippen molar-refractivity contribution in [2.45, 2.75) is 111 Å². The summed E-state index contributed by atoms with van der Waals surface area (Å²) in [4.78, 5) is 0. The summed E-state index contributed by atoms with van der Waals surface area (Å²) < 4.78 is 12.8. The highest BCUT2D eigenvalue weighted by Gasteiger charge is 2.54. The molecule has 0 amide bonds. The first-order valence-corrected chi connectivity index (χ1v) is 10.5. The van der Waals surface area contributed by atoms with Crippen molar-refractivity contribution in [1.82, 2.24) is 0 Å². The molecular weight excluding hydrogens is 311 g/mol. The van der Waals surface area contributed by atoms with Gasteiger partial charge in [0.1, 0.15) is 0 Å². The molecule has 0 spiro atoms. The lowest BCUT2D eigenvalue weighted by atomic mass is 9.60. The molecule has 0 aromatic rings. The van der Waals surface area contributed by atoms with Crippen molar-refractivity contribution in [3.05, 3.63) is 0 Å². The van der Waals surface area contributed by atoms with E-state index in [4.69, 9.17) is 9.31 Å². The number of rotatable bonds is 2. The lowest BCUT2D eigenvalue weighted by Gasteiger charge is -2.33. The van der Waals surface area contributed by atoms with Crippen molar-refractivity contribution in [2.24, 2.45) is 23.7 Å². The van der Waals surface area contributed by atoms with Crippen LogP contribution in [0.3, 0.4) is 0 Å². The molecule has 0 aromatic heterocycles. The molecule has 5 atom stereocenters. The van der Waals surface area contributed by atoms with Crippen LogP contribution in [0.15, 0.2) is 0 Å². The van der Waals surface area contributed by atoms with Crippen molar-refractivity contribution in [1.29, 1.82) is 0 Å². The van der Waals surface area contributed by atoms with Crippen LogP contribution < -0.4 is 0 Å². The average Bonchev–Trinajstić information content (AvgIpc) is 2.70. The molecule has 4 heteroatoms. The quantitative estimate of drug-likeness (QED) is 0.684. The Morgan fingerprint density at radius 3 is 1.92 bits per heavy atom. The van der Waals surface area contributed by atoms with Gasteiger partial charge in [0, 0.05) is 0 Å². The van der Waals surface area contributed by atoms with Gasteiger partial charge >= 0.3 is 7.12 Å². The molecule has 25 heavy (non-hydrogen) atoms. The molecule has 2 aliphatic rings. The van der Waals surface area contributed by atoms with E-state index in [0.29, 0.717) is 29.5 Å². The van der Waals surface area contributed by atoms with Gasteiger partial charge in [0.2, 0.25) is 0 Å². The fraction of sp³-hybridized carbons (Fsp3) is 1.00. The third-order valence-electron chi connectivity index (χ3n) is 7.44. The first kappa shape index (κ1) is 21.2. The third-order valence-corrected chi connectivity index (χ3v) is 7.44. The van der Waals surface area contributed by atoms with Gasteiger partial charge in [-0.2, -0.15) is 0 Å². The largest absolute Gasteiger partial charge is 0.461 e. The first-order valence-electron chi connectivity index (χ1n) is 10.5. The number of aliphatic hydroxyl groups excluding tert-OH is 1. The van der Waals surface area contributed by atoms with E-state index in [0.717, 1.165) is 19.3 Å². The highest BCUT2D eigenvalue weighted by atomic mass is 16.7. The summed E-state index contributed by atoms with van der Waals surface area (Å²) >= 11 is 0. The van der Waals surface area contributed by atoms with E-state index < -0.39 is 0 Å². The summed E-state index contributed by atoms with van der Waals surface area (Å²) in [5, 5.41) is 10.6. The highest BCUT2D eigenvalue weighted by molar-refractivity contribution is 6.47. The molecule has 1 unspecified atom stereocenters. The minimum Gasteiger partial charge on any atom is -0.403 e. The molecular formula is C21H41BO3. The zero-order valence-electron chi connectivity index (χ0n) is 17.8. The Hall–Kier alpha value is -0.0551. The Morgan fingerprint density at radius 1 is 0.880 bits per heavy atom. The van der Waals surface area contributed by atoms with Crippen molar-refractivity contribution in [3.63, 3.8) is 0 Å². The summed E-state index contributed by atoms with van der Waals surface area (Å²) in [6.45, 7) is 17.7. The molecule has 1 aliphatic heterocycles. The molecule has 2 fully saturated rings. The minimum atomic E-state index is -0.266. The number of aliphatic hydroxyl groups is 1. The molecule has 1 N–H and O–H groups in total. The summed E-state index contributed by atoms with van der Waals surface area (Å²) in [5.41, 5.74) is -0.531. The second-order valence-corrected chi connectivity index (χ2v) is 10.2. The SMILES string of the molecule is CC(C)[C@H]1CC[C@@H](C)C(B2OC(C)(C)C(C)(C)O2)CC[C@H](C)[C@H](O)C1. The van der Waals surface area contributed by atoms with Crippen LogP contribution in [0, 0.1) is 23.7 Å². The Morgan fingerprint density at radius 2 is 1.40 bits per heavy atom. The van der Waals surface area contributed by atoms with Gasteiger partial charge in [-0.05, 0) is 76.4 Å². The van der Waals surface area contributed by atoms with Gasteiger partial charge in [-0.3, -0.25) is 0 Å². The fourth-order valence-corrected chi connectivity index (χ4v) is 4.36. The van der Waals surface area contributed by atoms with E-state index in [2.05, 4.69) is 55.4 Å². The van der Waals surface area contributed by atoms with Crippen LogP contribution >= 0.6 is 0 Å². The Labute approximate surface area is 156 Å². The summed E-state index contributed by atoms with van der Waals surface area (Å²) in [7, 11) is -0.124. The van der Waals surface area contributed by atoms with Crippen LogP contribution in [0.1, 0.15) is 87.5 Å². The lowest BCUT2D eigenvalue weighted by molar-refractivity contribution is 0.00578. The van der Waals surface area contributed by atoms with E-state index in [-0.39, 0.29) is 24.4 Å². The van der Waals surface area contributed by atoms with Crippen LogP contribution in [0.2, 0.25) is 5.82 Å². The van der Waals surface area contributed by atoms with E-state index in [1.54, 1.807) is 0 Å². The number of hydrogen-bond acceptors (Lipinski definition) is 3. The molecule has 1 aliphatic carbocycles. The van der Waals surface area contributed by atoms with Crippen LogP contribution in [-0.4, -0.2) is 29.5 Å². The van der Waals surface area contributed by atoms with Gasteiger partial charge in [0.05, 0.1) is 17.3 Å². The van der Waals surface area contributed by atoms with Crippen LogP contribution in [-0.2, 0) is 9.31 Å². The van der Waals surface area contributed by atoms with Gasteiger partial charge < -0.3 is 14.4 Å². The van der Waals surface area contributed by atoms with Gasteiger partial charge in [-0.25, -0.2) is 0 Å². The highest BCUT2D eigenvalue weighted by Crippen LogP contribution is 2.45. The maximum Gasteiger partial charge on any atom is 0.461 e. The summed E-state index contributed by atoms with van der Waals surface area (Å²) in [6.07, 6.45) is 5.28. The molecule has 1 saturated carbocycles. The van der Waals surface area contributed by atoms with Crippen molar-refractivity contribution in [2.75, 3.05) is 0 Å². The zero-order valence-corrected chi connectivity index (χ0v) is 17.8. The van der Waals surface area contributed by atoms with Crippen molar-refractivity contribution >= 4 is 7.12 Å². The fourth-order valence-electron chi connectivity index (χ4n) is 4.36. The zero-order chi connectivity index (χ0) is 19.0. The topological polar surface area (TPSA) is 38.7 Å². The standard InChI is InChI=1S/C21H41BO3/c1-14(2)17-11-9-15(3)18(12-10-16(4)19(23)13-17)22-24-20(5,6)21(7,8)25-22/h14-19,23H,9-13H2,1-8H3/t15-,16+,17+,18?,19-/m1/s1. The second-order valence-electron chi connectivity index (χ2n) is 10.2. The minimum absolute atomic E-state index is 0.124. The van der Waals surface area contributed by atoms with Crippen LogP contribution in [0.4, 0.5) is 0 Å². The van der Waals surface area contributed by atoms with Gasteiger partial charge in [-0.15, -0.1) is 0 Å². The smallest absolute Gasteiger partial charge is 0.403 e. The monoisotopic (exact) mass is 352 g/mol. The summed E-state index contributed by atoms with van der Waals surface area (Å²) in [5.74, 6) is 2.57. The van der Waals surface area contributed by atoms with Crippen molar-refractivity contribution in [3.8, 4) is 0 Å². The van der Waals surface area contributed by atoms with Gasteiger partial charge in [-0.1, -0.05) is 40.5 Å². The molecule has 0 bridgehead atoms. The number of hydrogen-bond donors (Lipinski definition) is 1. The Balaban J connectivity index is 2.15. The van der Waals surface area contributed by atoms with Crippen LogP contribution in [0.5, 0.6) is 0 Å². The molecule has 2 rings (SSSR count). The Kier molecular flexibility index (Phi) is 6.71. The van der Waals surface area contributed by atoms with E-state index in [1.807, 2.05) is 0 Å².